The van der Waals surface area contributed by atoms with Crippen LogP contribution in [0.3, 0.4) is 0 Å². The molecule has 0 N–H and O–H groups in total. The molecule has 11 heteroatoms. The van der Waals surface area contributed by atoms with Gasteiger partial charge >= 0.3 is 6.09 Å². The monoisotopic (exact) mass is 458 g/mol. The lowest BCUT2D eigenvalue weighted by Gasteiger charge is -2.29. The Labute approximate surface area is 187 Å². The third-order valence-corrected chi connectivity index (χ3v) is 5.31. The number of hydrogen-bond acceptors (Lipinski definition) is 6. The third kappa shape index (κ3) is 3.91. The summed E-state index contributed by atoms with van der Waals surface area (Å²) in [4.78, 5) is 31.5. The van der Waals surface area contributed by atoms with Crippen LogP contribution in [-0.4, -0.2) is 42.3 Å². The van der Waals surface area contributed by atoms with Gasteiger partial charge in [-0.2, -0.15) is 14.8 Å². The number of aromatic nitrogens is 4. The van der Waals surface area contributed by atoms with Gasteiger partial charge in [0, 0.05) is 12.7 Å². The number of nitrogens with zero attached hydrogens (tertiary/aromatic N) is 6. The molecule has 4 heterocycles. The SMILES string of the molecule is CC(C)(C)OC(=O)N1C[C@@H](C#N)C[C@H]1c1nn2ccc(Cl)c2c(=O)n1-c1cccc(F)n1. The number of carbonyl (C=O) groups excluding carboxylic acids is 1. The zero-order valence-corrected chi connectivity index (χ0v) is 18.4. The highest BCUT2D eigenvalue weighted by Crippen LogP contribution is 2.36. The van der Waals surface area contributed by atoms with Gasteiger partial charge in [-0.3, -0.25) is 9.69 Å². The molecule has 0 unspecified atom stereocenters. The first-order valence-corrected chi connectivity index (χ1v) is 10.3. The van der Waals surface area contributed by atoms with Gasteiger partial charge in [-0.25, -0.2) is 18.9 Å². The lowest BCUT2D eigenvalue weighted by molar-refractivity contribution is 0.0212. The van der Waals surface area contributed by atoms with Gasteiger partial charge in [0.2, 0.25) is 5.95 Å². The maximum Gasteiger partial charge on any atom is 0.410 e. The van der Waals surface area contributed by atoms with Crippen molar-refractivity contribution < 1.29 is 13.9 Å². The second-order valence-electron chi connectivity index (χ2n) is 8.48. The van der Waals surface area contributed by atoms with Crippen LogP contribution in [-0.2, 0) is 4.74 Å². The molecule has 32 heavy (non-hydrogen) atoms. The predicted molar refractivity (Wildman–Crippen MR) is 113 cm³/mol. The van der Waals surface area contributed by atoms with Crippen molar-refractivity contribution in [2.45, 2.75) is 38.8 Å². The molecule has 1 saturated heterocycles. The average Bonchev–Trinajstić information content (AvgIpc) is 3.30. The Hall–Kier alpha value is -3.45. The second kappa shape index (κ2) is 7.91. The third-order valence-electron chi connectivity index (χ3n) is 5.00. The molecule has 9 nitrogen and oxygen atoms in total. The molecule has 1 aliphatic rings. The molecule has 0 radical (unpaired) electrons. The minimum absolute atomic E-state index is 0.0122. The van der Waals surface area contributed by atoms with Crippen molar-refractivity contribution in [1.82, 2.24) is 24.1 Å². The molecule has 166 valence electrons. The van der Waals surface area contributed by atoms with E-state index < -0.39 is 35.2 Å². The first-order chi connectivity index (χ1) is 15.1. The minimum Gasteiger partial charge on any atom is -0.444 e. The Morgan fingerprint density at radius 3 is 2.75 bits per heavy atom. The zero-order chi connectivity index (χ0) is 23.2. The van der Waals surface area contributed by atoms with E-state index in [2.05, 4.69) is 16.2 Å². The molecule has 1 aliphatic heterocycles. The van der Waals surface area contributed by atoms with Crippen LogP contribution in [0.5, 0.6) is 0 Å². The summed E-state index contributed by atoms with van der Waals surface area (Å²) in [6, 6.07) is 6.92. The average molecular weight is 459 g/mol. The van der Waals surface area contributed by atoms with Gasteiger partial charge in [0.25, 0.3) is 5.56 Å². The topological polar surface area (TPSA) is 106 Å². The quantitative estimate of drug-likeness (QED) is 0.544. The van der Waals surface area contributed by atoms with Crippen molar-refractivity contribution in [3.05, 3.63) is 57.6 Å². The molecule has 4 rings (SSSR count). The van der Waals surface area contributed by atoms with E-state index in [1.807, 2.05) is 0 Å². The highest BCUT2D eigenvalue weighted by Gasteiger charge is 2.41. The number of nitriles is 1. The molecule has 1 amide bonds. The van der Waals surface area contributed by atoms with Crippen LogP contribution in [0.2, 0.25) is 5.02 Å². The molecule has 0 aliphatic carbocycles. The largest absolute Gasteiger partial charge is 0.444 e. The summed E-state index contributed by atoms with van der Waals surface area (Å²) in [7, 11) is 0. The zero-order valence-electron chi connectivity index (χ0n) is 17.6. The van der Waals surface area contributed by atoms with Crippen LogP contribution in [0.4, 0.5) is 9.18 Å². The van der Waals surface area contributed by atoms with Crippen LogP contribution in [0, 0.1) is 23.2 Å². The van der Waals surface area contributed by atoms with Gasteiger partial charge in [-0.15, -0.1) is 0 Å². The summed E-state index contributed by atoms with van der Waals surface area (Å²) < 4.78 is 21.9. The van der Waals surface area contributed by atoms with Gasteiger partial charge < -0.3 is 4.74 Å². The van der Waals surface area contributed by atoms with Gasteiger partial charge in [0.15, 0.2) is 5.82 Å². The Kier molecular flexibility index (Phi) is 5.38. The van der Waals surface area contributed by atoms with E-state index in [-0.39, 0.29) is 35.1 Å². The molecular formula is C21H20ClFN6O3. The molecule has 2 atom stereocenters. The molecule has 0 saturated carbocycles. The maximum absolute atomic E-state index is 13.9. The number of carbonyl (C=O) groups is 1. The van der Waals surface area contributed by atoms with Crippen LogP contribution < -0.4 is 5.56 Å². The lowest BCUT2D eigenvalue weighted by Crippen LogP contribution is -2.39. The van der Waals surface area contributed by atoms with Gasteiger partial charge in [-0.1, -0.05) is 17.7 Å². The van der Waals surface area contributed by atoms with Gasteiger partial charge in [-0.05, 0) is 45.4 Å². The van der Waals surface area contributed by atoms with E-state index in [0.29, 0.717) is 0 Å². The summed E-state index contributed by atoms with van der Waals surface area (Å²) in [5.74, 6) is -1.17. The van der Waals surface area contributed by atoms with E-state index in [4.69, 9.17) is 16.3 Å². The van der Waals surface area contributed by atoms with Crippen LogP contribution in [0.1, 0.15) is 39.1 Å². The second-order valence-corrected chi connectivity index (χ2v) is 8.89. The first kappa shape index (κ1) is 21.8. The van der Waals surface area contributed by atoms with Crippen molar-refractivity contribution >= 4 is 23.2 Å². The number of likely N-dealkylation sites (tertiary alicyclic amines) is 1. The van der Waals surface area contributed by atoms with Gasteiger partial charge in [0.1, 0.15) is 16.9 Å². The summed E-state index contributed by atoms with van der Waals surface area (Å²) >= 11 is 6.18. The number of rotatable bonds is 2. The molecular weight excluding hydrogens is 439 g/mol. The fourth-order valence-corrected chi connectivity index (χ4v) is 3.93. The number of pyridine rings is 1. The Morgan fingerprint density at radius 2 is 2.09 bits per heavy atom. The first-order valence-electron chi connectivity index (χ1n) is 9.91. The van der Waals surface area contributed by atoms with E-state index in [0.717, 1.165) is 10.6 Å². The number of fused-ring (bicyclic) bond motifs is 1. The number of halogens is 2. The van der Waals surface area contributed by atoms with Crippen LogP contribution >= 0.6 is 11.6 Å². The Morgan fingerprint density at radius 1 is 1.34 bits per heavy atom. The van der Waals surface area contributed by atoms with E-state index >= 15 is 0 Å². The van der Waals surface area contributed by atoms with Crippen molar-refractivity contribution in [3.63, 3.8) is 0 Å². The molecule has 0 spiro atoms. The van der Waals surface area contributed by atoms with Crippen molar-refractivity contribution in [2.75, 3.05) is 6.54 Å². The molecule has 1 fully saturated rings. The van der Waals surface area contributed by atoms with Crippen molar-refractivity contribution in [1.29, 1.82) is 5.26 Å². The summed E-state index contributed by atoms with van der Waals surface area (Å²) in [6.07, 6.45) is 1.09. The smallest absolute Gasteiger partial charge is 0.410 e. The Balaban J connectivity index is 1.94. The molecule has 3 aromatic heterocycles. The summed E-state index contributed by atoms with van der Waals surface area (Å²) in [5, 5.41) is 14.2. The summed E-state index contributed by atoms with van der Waals surface area (Å²) in [6.45, 7) is 5.30. The fourth-order valence-electron chi connectivity index (χ4n) is 3.70. The fraction of sp³-hybridized carbons (Fsp3) is 0.381. The van der Waals surface area contributed by atoms with Crippen LogP contribution in [0.25, 0.3) is 11.3 Å². The molecule has 0 bridgehead atoms. The maximum atomic E-state index is 13.9. The Bertz CT molecular complexity index is 1310. The van der Waals surface area contributed by atoms with Crippen LogP contribution in [0.15, 0.2) is 35.3 Å². The highest BCUT2D eigenvalue weighted by molar-refractivity contribution is 6.33. The summed E-state index contributed by atoms with van der Waals surface area (Å²) in [5.41, 5.74) is -1.26. The van der Waals surface area contributed by atoms with E-state index in [1.54, 1.807) is 20.8 Å². The number of amides is 1. The normalized spacial score (nSPS) is 18.7. The standard InChI is InChI=1S/C21H20ClFN6O3/c1-21(2,3)32-20(31)27-11-12(10-24)9-14(27)18-26-28-8-7-13(22)17(28)19(30)29(18)16-6-4-5-15(23)25-16/h4-8,12,14H,9,11H2,1-3H3/t12-,14+/m1/s1. The van der Waals surface area contributed by atoms with Gasteiger partial charge in [0.05, 0.1) is 23.1 Å². The number of hydrogen-bond donors (Lipinski definition) is 0. The predicted octanol–water partition coefficient (Wildman–Crippen LogP) is 3.49. The van der Waals surface area contributed by atoms with E-state index in [9.17, 15) is 19.2 Å². The van der Waals surface area contributed by atoms with Crippen molar-refractivity contribution in [3.8, 4) is 11.9 Å². The van der Waals surface area contributed by atoms with Crippen molar-refractivity contribution in [2.24, 2.45) is 5.92 Å². The van der Waals surface area contributed by atoms with E-state index in [1.165, 1.54) is 33.8 Å². The molecule has 3 aromatic rings. The minimum atomic E-state index is -0.785. The lowest BCUT2D eigenvalue weighted by atomic mass is 10.1. The molecule has 0 aromatic carbocycles. The number of ether oxygens (including phenoxy) is 1. The highest BCUT2D eigenvalue weighted by atomic mass is 35.5.